The molecular formula is C15H26ClN3. The van der Waals surface area contributed by atoms with Crippen LogP contribution in [0.25, 0.3) is 0 Å². The van der Waals surface area contributed by atoms with Gasteiger partial charge in [-0.3, -0.25) is 4.68 Å². The molecule has 1 aliphatic rings. The number of halogens is 1. The summed E-state index contributed by atoms with van der Waals surface area (Å²) in [4.78, 5) is 0. The first kappa shape index (κ1) is 14.9. The van der Waals surface area contributed by atoms with Gasteiger partial charge in [0.05, 0.1) is 16.4 Å². The van der Waals surface area contributed by atoms with Gasteiger partial charge < -0.3 is 5.32 Å². The SMILES string of the molecule is CCc1nn(CC)c(CC2CCC(NC)C2C)c1Cl. The van der Waals surface area contributed by atoms with E-state index in [1.807, 2.05) is 0 Å². The molecule has 0 saturated heterocycles. The van der Waals surface area contributed by atoms with E-state index in [0.717, 1.165) is 36.0 Å². The van der Waals surface area contributed by atoms with Crippen molar-refractivity contribution in [1.82, 2.24) is 15.1 Å². The molecule has 1 heterocycles. The Hall–Kier alpha value is -0.540. The summed E-state index contributed by atoms with van der Waals surface area (Å²) < 4.78 is 2.10. The molecule has 0 bridgehead atoms. The molecule has 0 spiro atoms. The van der Waals surface area contributed by atoms with Crippen LogP contribution in [0.1, 0.15) is 45.0 Å². The predicted octanol–water partition coefficient (Wildman–Crippen LogP) is 3.30. The lowest BCUT2D eigenvalue weighted by atomic mass is 9.91. The van der Waals surface area contributed by atoms with Gasteiger partial charge >= 0.3 is 0 Å². The quantitative estimate of drug-likeness (QED) is 0.899. The molecule has 19 heavy (non-hydrogen) atoms. The zero-order valence-corrected chi connectivity index (χ0v) is 13.3. The van der Waals surface area contributed by atoms with E-state index >= 15 is 0 Å². The topological polar surface area (TPSA) is 29.9 Å². The second kappa shape index (κ2) is 6.27. The van der Waals surface area contributed by atoms with Crippen molar-refractivity contribution in [2.45, 2.75) is 59.0 Å². The van der Waals surface area contributed by atoms with E-state index in [-0.39, 0.29) is 0 Å². The van der Waals surface area contributed by atoms with Gasteiger partial charge in [-0.05, 0) is 51.5 Å². The van der Waals surface area contributed by atoms with Gasteiger partial charge in [0.1, 0.15) is 0 Å². The molecule has 0 radical (unpaired) electrons. The molecule has 3 unspecified atom stereocenters. The average molecular weight is 284 g/mol. The minimum absolute atomic E-state index is 0.660. The lowest BCUT2D eigenvalue weighted by molar-refractivity contribution is 0.357. The fourth-order valence-electron chi connectivity index (χ4n) is 3.40. The van der Waals surface area contributed by atoms with Crippen molar-refractivity contribution in [2.75, 3.05) is 7.05 Å². The van der Waals surface area contributed by atoms with E-state index in [9.17, 15) is 0 Å². The van der Waals surface area contributed by atoms with Gasteiger partial charge in [0.25, 0.3) is 0 Å². The minimum Gasteiger partial charge on any atom is -0.317 e. The summed E-state index contributed by atoms with van der Waals surface area (Å²) >= 11 is 6.51. The zero-order valence-electron chi connectivity index (χ0n) is 12.5. The second-order valence-corrected chi connectivity index (χ2v) is 6.05. The van der Waals surface area contributed by atoms with Crippen LogP contribution >= 0.6 is 11.6 Å². The van der Waals surface area contributed by atoms with Crippen molar-refractivity contribution in [3.8, 4) is 0 Å². The summed E-state index contributed by atoms with van der Waals surface area (Å²) in [5.74, 6) is 1.44. The first-order valence-electron chi connectivity index (χ1n) is 7.53. The highest BCUT2D eigenvalue weighted by molar-refractivity contribution is 6.31. The second-order valence-electron chi connectivity index (χ2n) is 5.67. The van der Waals surface area contributed by atoms with E-state index < -0.39 is 0 Å². The van der Waals surface area contributed by atoms with Gasteiger partial charge in [0, 0.05) is 12.6 Å². The van der Waals surface area contributed by atoms with Gasteiger partial charge in [-0.25, -0.2) is 0 Å². The maximum Gasteiger partial charge on any atom is 0.0849 e. The van der Waals surface area contributed by atoms with E-state index in [4.69, 9.17) is 11.6 Å². The summed E-state index contributed by atoms with van der Waals surface area (Å²) in [6.45, 7) is 7.53. The number of nitrogens with one attached hydrogen (secondary N) is 1. The normalized spacial score (nSPS) is 27.1. The predicted molar refractivity (Wildman–Crippen MR) is 80.7 cm³/mol. The van der Waals surface area contributed by atoms with Crippen LogP contribution in [-0.4, -0.2) is 22.9 Å². The molecule has 1 N–H and O–H groups in total. The minimum atomic E-state index is 0.660. The molecule has 1 aromatic rings. The fourth-order valence-corrected chi connectivity index (χ4v) is 3.75. The molecule has 1 saturated carbocycles. The summed E-state index contributed by atoms with van der Waals surface area (Å²) in [5, 5.41) is 8.96. The number of nitrogens with zero attached hydrogens (tertiary/aromatic N) is 2. The molecule has 1 aromatic heterocycles. The molecular weight excluding hydrogens is 258 g/mol. The van der Waals surface area contributed by atoms with Gasteiger partial charge in [0.15, 0.2) is 0 Å². The third-order valence-corrected chi connectivity index (χ3v) is 5.18. The molecule has 3 nitrogen and oxygen atoms in total. The molecule has 0 aliphatic heterocycles. The van der Waals surface area contributed by atoms with Crippen LogP contribution in [0.3, 0.4) is 0 Å². The van der Waals surface area contributed by atoms with Crippen LogP contribution in [0, 0.1) is 11.8 Å². The highest BCUT2D eigenvalue weighted by Gasteiger charge is 2.33. The molecule has 2 rings (SSSR count). The summed E-state index contributed by atoms with van der Waals surface area (Å²) in [6, 6.07) is 0.660. The molecule has 0 amide bonds. The molecule has 1 fully saturated rings. The van der Waals surface area contributed by atoms with Crippen LogP contribution in [0.15, 0.2) is 0 Å². The Morgan fingerprint density at radius 3 is 2.63 bits per heavy atom. The third-order valence-electron chi connectivity index (χ3n) is 4.75. The Morgan fingerprint density at radius 1 is 1.37 bits per heavy atom. The van der Waals surface area contributed by atoms with E-state index in [0.29, 0.717) is 12.0 Å². The molecule has 0 aromatic carbocycles. The highest BCUT2D eigenvalue weighted by Crippen LogP contribution is 2.36. The van der Waals surface area contributed by atoms with Crippen molar-refractivity contribution >= 4 is 11.6 Å². The van der Waals surface area contributed by atoms with Crippen molar-refractivity contribution in [3.05, 3.63) is 16.4 Å². The highest BCUT2D eigenvalue weighted by atomic mass is 35.5. The fraction of sp³-hybridized carbons (Fsp3) is 0.800. The van der Waals surface area contributed by atoms with Crippen molar-refractivity contribution in [1.29, 1.82) is 0 Å². The number of aromatic nitrogens is 2. The van der Waals surface area contributed by atoms with Crippen LogP contribution < -0.4 is 5.32 Å². The Labute approximate surface area is 121 Å². The van der Waals surface area contributed by atoms with Crippen molar-refractivity contribution < 1.29 is 0 Å². The van der Waals surface area contributed by atoms with Crippen LogP contribution in [-0.2, 0) is 19.4 Å². The monoisotopic (exact) mass is 283 g/mol. The van der Waals surface area contributed by atoms with Crippen LogP contribution in [0.2, 0.25) is 5.02 Å². The average Bonchev–Trinajstić information content (AvgIpc) is 2.92. The summed E-state index contributed by atoms with van der Waals surface area (Å²) in [7, 11) is 2.07. The lowest BCUT2D eigenvalue weighted by Gasteiger charge is -2.20. The summed E-state index contributed by atoms with van der Waals surface area (Å²) in [6.07, 6.45) is 4.55. The zero-order chi connectivity index (χ0) is 14.0. The number of aryl methyl sites for hydroxylation is 2. The number of rotatable bonds is 5. The Balaban J connectivity index is 2.17. The number of hydrogen-bond donors (Lipinski definition) is 1. The Morgan fingerprint density at radius 2 is 2.11 bits per heavy atom. The van der Waals surface area contributed by atoms with E-state index in [2.05, 4.69) is 42.9 Å². The van der Waals surface area contributed by atoms with E-state index in [1.165, 1.54) is 18.5 Å². The maximum absolute atomic E-state index is 6.51. The smallest absolute Gasteiger partial charge is 0.0849 e. The summed E-state index contributed by atoms with van der Waals surface area (Å²) in [5.41, 5.74) is 2.30. The largest absolute Gasteiger partial charge is 0.317 e. The standard InChI is InChI=1S/C15H26ClN3/c1-5-12-15(16)14(19(6-2)18-12)9-11-7-8-13(17-4)10(11)3/h10-11,13,17H,5-9H2,1-4H3. The van der Waals surface area contributed by atoms with Gasteiger partial charge in [-0.1, -0.05) is 25.4 Å². The van der Waals surface area contributed by atoms with Crippen LogP contribution in [0.4, 0.5) is 0 Å². The molecule has 4 heteroatoms. The van der Waals surface area contributed by atoms with Crippen molar-refractivity contribution in [3.63, 3.8) is 0 Å². The Kier molecular flexibility index (Phi) is 4.91. The lowest BCUT2D eigenvalue weighted by Crippen LogP contribution is -2.30. The first-order chi connectivity index (χ1) is 9.12. The van der Waals surface area contributed by atoms with Gasteiger partial charge in [-0.2, -0.15) is 5.10 Å². The van der Waals surface area contributed by atoms with Crippen molar-refractivity contribution in [2.24, 2.45) is 11.8 Å². The number of hydrogen-bond acceptors (Lipinski definition) is 2. The van der Waals surface area contributed by atoms with E-state index in [1.54, 1.807) is 0 Å². The first-order valence-corrected chi connectivity index (χ1v) is 7.91. The molecule has 1 aliphatic carbocycles. The van der Waals surface area contributed by atoms with Crippen LogP contribution in [0.5, 0.6) is 0 Å². The van der Waals surface area contributed by atoms with Gasteiger partial charge in [0.2, 0.25) is 0 Å². The van der Waals surface area contributed by atoms with Gasteiger partial charge in [-0.15, -0.1) is 0 Å². The molecule has 108 valence electrons. The maximum atomic E-state index is 6.51. The Bertz CT molecular complexity index is 427. The molecule has 3 atom stereocenters. The third kappa shape index (κ3) is 2.82.